The molecule has 0 bridgehead atoms. The Hall–Kier alpha value is -3.73. The molecule has 0 saturated carbocycles. The molecule has 150 valence electrons. The predicted octanol–water partition coefficient (Wildman–Crippen LogP) is 4.32. The lowest BCUT2D eigenvalue weighted by Crippen LogP contribution is -2.29. The molecule has 5 heteroatoms. The molecule has 1 atom stereocenters. The Morgan fingerprint density at radius 1 is 1.00 bits per heavy atom. The number of rotatable bonds is 4. The fraction of sp³-hybridized carbons (Fsp3) is 0.160. The quantitative estimate of drug-likeness (QED) is 0.404. The number of hydrogen-bond donors (Lipinski definition) is 1. The van der Waals surface area contributed by atoms with E-state index in [2.05, 4.69) is 4.98 Å². The predicted molar refractivity (Wildman–Crippen MR) is 114 cm³/mol. The monoisotopic (exact) mass is 398 g/mol. The maximum absolute atomic E-state index is 13.1. The molecule has 30 heavy (non-hydrogen) atoms. The first-order valence-electron chi connectivity index (χ1n) is 9.77. The molecule has 0 spiro atoms. The molecule has 1 N–H and O–H groups in total. The summed E-state index contributed by atoms with van der Waals surface area (Å²) in [6.45, 7) is 4.06. The zero-order valence-corrected chi connectivity index (χ0v) is 16.9. The zero-order chi connectivity index (χ0) is 21.3. The van der Waals surface area contributed by atoms with Gasteiger partial charge < -0.3 is 10.0 Å². The highest BCUT2D eigenvalue weighted by Gasteiger charge is 2.46. The van der Waals surface area contributed by atoms with Crippen LogP contribution in [-0.4, -0.2) is 26.7 Å². The average molecular weight is 398 g/mol. The van der Waals surface area contributed by atoms with Gasteiger partial charge in [-0.3, -0.25) is 14.6 Å². The molecule has 5 nitrogen and oxygen atoms in total. The Balaban J connectivity index is 1.89. The van der Waals surface area contributed by atoms with Gasteiger partial charge in [-0.1, -0.05) is 48.0 Å². The summed E-state index contributed by atoms with van der Waals surface area (Å²) in [4.78, 5) is 31.7. The molecule has 2 aromatic carbocycles. The molecular weight excluding hydrogens is 376 g/mol. The van der Waals surface area contributed by atoms with Crippen molar-refractivity contribution in [2.24, 2.45) is 0 Å². The molecule has 4 rings (SSSR count). The van der Waals surface area contributed by atoms with Crippen LogP contribution in [0.5, 0.6) is 0 Å². The number of amides is 1. The third kappa shape index (κ3) is 3.50. The minimum Gasteiger partial charge on any atom is -0.507 e. The van der Waals surface area contributed by atoms with E-state index in [1.165, 1.54) is 4.90 Å². The Bertz CT molecular complexity index is 1140. The van der Waals surface area contributed by atoms with E-state index < -0.39 is 17.7 Å². The molecule has 3 aromatic rings. The van der Waals surface area contributed by atoms with Crippen molar-refractivity contribution in [1.29, 1.82) is 0 Å². The molecule has 1 aromatic heterocycles. The Morgan fingerprint density at radius 2 is 1.70 bits per heavy atom. The van der Waals surface area contributed by atoms with E-state index >= 15 is 0 Å². The van der Waals surface area contributed by atoms with Crippen LogP contribution in [0.4, 0.5) is 0 Å². The molecule has 1 fully saturated rings. The number of pyridine rings is 1. The zero-order valence-electron chi connectivity index (χ0n) is 16.9. The van der Waals surface area contributed by atoms with Crippen molar-refractivity contribution in [3.63, 3.8) is 0 Å². The maximum atomic E-state index is 13.1. The van der Waals surface area contributed by atoms with E-state index in [1.54, 1.807) is 24.5 Å². The molecule has 1 amide bonds. The molecule has 1 unspecified atom stereocenters. The van der Waals surface area contributed by atoms with Crippen LogP contribution in [0.3, 0.4) is 0 Å². The molecule has 0 radical (unpaired) electrons. The fourth-order valence-electron chi connectivity index (χ4n) is 3.85. The van der Waals surface area contributed by atoms with E-state index in [-0.39, 0.29) is 17.9 Å². The number of benzene rings is 2. The normalized spacial score (nSPS) is 18.1. The van der Waals surface area contributed by atoms with Crippen LogP contribution in [0.2, 0.25) is 0 Å². The summed E-state index contributed by atoms with van der Waals surface area (Å²) in [6.07, 6.45) is 3.24. The van der Waals surface area contributed by atoms with Gasteiger partial charge in [-0.2, -0.15) is 0 Å². The number of aromatic nitrogens is 1. The van der Waals surface area contributed by atoms with Gasteiger partial charge in [-0.25, -0.2) is 0 Å². The molecule has 1 saturated heterocycles. The number of nitrogens with zero attached hydrogens (tertiary/aromatic N) is 2. The summed E-state index contributed by atoms with van der Waals surface area (Å²) >= 11 is 0. The Labute approximate surface area is 175 Å². The largest absolute Gasteiger partial charge is 0.507 e. The summed E-state index contributed by atoms with van der Waals surface area (Å²) in [5.41, 5.74) is 4.10. The Morgan fingerprint density at radius 3 is 2.40 bits per heavy atom. The van der Waals surface area contributed by atoms with E-state index in [4.69, 9.17) is 0 Å². The number of ketones is 1. The van der Waals surface area contributed by atoms with Gasteiger partial charge >= 0.3 is 0 Å². The van der Waals surface area contributed by atoms with E-state index in [9.17, 15) is 14.7 Å². The lowest BCUT2D eigenvalue weighted by atomic mass is 9.93. The standard InChI is InChI=1S/C25H22N2O3/c1-16-8-9-17(2)20(14-16)23(28)21-22(19-10-12-26-13-11-19)27(25(30)24(21)29)15-18-6-4-3-5-7-18/h3-14,22,28H,15H2,1-2H3/b23-21+. The average Bonchev–Trinajstić information content (AvgIpc) is 3.01. The van der Waals surface area contributed by atoms with Crippen molar-refractivity contribution in [2.75, 3.05) is 0 Å². The molecule has 1 aliphatic rings. The van der Waals surface area contributed by atoms with Gasteiger partial charge in [-0.15, -0.1) is 0 Å². The van der Waals surface area contributed by atoms with Gasteiger partial charge in [0.25, 0.3) is 11.7 Å². The SMILES string of the molecule is Cc1ccc(C)c(/C(O)=C2\C(=O)C(=O)N(Cc3ccccc3)C2c2ccncc2)c1. The van der Waals surface area contributed by atoms with Crippen LogP contribution < -0.4 is 0 Å². The lowest BCUT2D eigenvalue weighted by Gasteiger charge is -2.25. The van der Waals surface area contributed by atoms with Gasteiger partial charge in [0.2, 0.25) is 0 Å². The van der Waals surface area contributed by atoms with Crippen LogP contribution in [-0.2, 0) is 16.1 Å². The summed E-state index contributed by atoms with van der Waals surface area (Å²) < 4.78 is 0. The highest BCUT2D eigenvalue weighted by Crippen LogP contribution is 2.40. The second-order valence-corrected chi connectivity index (χ2v) is 7.51. The van der Waals surface area contributed by atoms with Crippen LogP contribution in [0, 0.1) is 13.8 Å². The third-order valence-electron chi connectivity index (χ3n) is 5.41. The lowest BCUT2D eigenvalue weighted by molar-refractivity contribution is -0.140. The van der Waals surface area contributed by atoms with Crippen molar-refractivity contribution >= 4 is 17.4 Å². The van der Waals surface area contributed by atoms with Crippen molar-refractivity contribution in [1.82, 2.24) is 9.88 Å². The first-order valence-corrected chi connectivity index (χ1v) is 9.77. The molecule has 1 aliphatic heterocycles. The van der Waals surface area contributed by atoms with Gasteiger partial charge in [0.1, 0.15) is 5.76 Å². The van der Waals surface area contributed by atoms with E-state index in [0.717, 1.165) is 22.3 Å². The number of Topliss-reactive ketones (excluding diaryl/α,β-unsaturated/α-hetero) is 1. The number of likely N-dealkylation sites (tertiary alicyclic amines) is 1. The van der Waals surface area contributed by atoms with Crippen molar-refractivity contribution in [3.8, 4) is 0 Å². The first-order chi connectivity index (χ1) is 14.5. The highest BCUT2D eigenvalue weighted by molar-refractivity contribution is 6.46. The minimum absolute atomic E-state index is 0.107. The number of hydrogen-bond acceptors (Lipinski definition) is 4. The van der Waals surface area contributed by atoms with Gasteiger partial charge in [-0.05, 0) is 48.7 Å². The van der Waals surface area contributed by atoms with Crippen molar-refractivity contribution in [3.05, 3.63) is 106 Å². The number of carbonyl (C=O) groups is 2. The maximum Gasteiger partial charge on any atom is 0.295 e. The second-order valence-electron chi connectivity index (χ2n) is 7.51. The van der Waals surface area contributed by atoms with E-state index in [0.29, 0.717) is 5.56 Å². The Kier molecular flexibility index (Phi) is 5.19. The third-order valence-corrected chi connectivity index (χ3v) is 5.41. The number of aliphatic hydroxyl groups is 1. The number of aryl methyl sites for hydroxylation is 2. The first kappa shape index (κ1) is 19.6. The molecule has 2 heterocycles. The van der Waals surface area contributed by atoms with Gasteiger partial charge in [0.05, 0.1) is 11.6 Å². The summed E-state index contributed by atoms with van der Waals surface area (Å²) in [7, 11) is 0. The smallest absolute Gasteiger partial charge is 0.295 e. The summed E-state index contributed by atoms with van der Waals surface area (Å²) in [5.74, 6) is -1.44. The summed E-state index contributed by atoms with van der Waals surface area (Å²) in [6, 6.07) is 18.0. The molecular formula is C25H22N2O3. The van der Waals surface area contributed by atoms with Crippen molar-refractivity contribution in [2.45, 2.75) is 26.4 Å². The summed E-state index contributed by atoms with van der Waals surface area (Å²) in [5, 5.41) is 11.2. The van der Waals surface area contributed by atoms with E-state index in [1.807, 2.05) is 62.4 Å². The fourth-order valence-corrected chi connectivity index (χ4v) is 3.85. The van der Waals surface area contributed by atoms with Crippen LogP contribution in [0.15, 0.2) is 78.6 Å². The number of aliphatic hydroxyl groups excluding tert-OH is 1. The van der Waals surface area contributed by atoms with Crippen molar-refractivity contribution < 1.29 is 14.7 Å². The van der Waals surface area contributed by atoms with Crippen LogP contribution in [0.25, 0.3) is 5.76 Å². The van der Waals surface area contributed by atoms with Gasteiger partial charge in [0.15, 0.2) is 0 Å². The number of carbonyl (C=O) groups excluding carboxylic acids is 2. The van der Waals surface area contributed by atoms with Gasteiger partial charge in [0, 0.05) is 24.5 Å². The highest BCUT2D eigenvalue weighted by atomic mass is 16.3. The second kappa shape index (κ2) is 7.95. The topological polar surface area (TPSA) is 70.5 Å². The minimum atomic E-state index is -0.687. The van der Waals surface area contributed by atoms with Crippen LogP contribution in [0.1, 0.15) is 33.9 Å². The van der Waals surface area contributed by atoms with Crippen LogP contribution >= 0.6 is 0 Å². The molecule has 0 aliphatic carbocycles.